The number of rotatable bonds is 13. The van der Waals surface area contributed by atoms with Crippen molar-refractivity contribution in [1.82, 2.24) is 10.2 Å². The summed E-state index contributed by atoms with van der Waals surface area (Å²) in [5, 5.41) is 3.54. The molecule has 0 bridgehead atoms. The van der Waals surface area contributed by atoms with Gasteiger partial charge in [0, 0.05) is 24.0 Å². The van der Waals surface area contributed by atoms with Crippen molar-refractivity contribution in [2.24, 2.45) is 0 Å². The summed E-state index contributed by atoms with van der Waals surface area (Å²) in [6, 6.07) is 29.1. The highest BCUT2D eigenvalue weighted by Crippen LogP contribution is 2.26. The lowest BCUT2D eigenvalue weighted by atomic mass is 10.0. The Morgan fingerprint density at radius 3 is 2.13 bits per heavy atom. The van der Waals surface area contributed by atoms with E-state index in [1.165, 1.54) is 4.90 Å². The van der Waals surface area contributed by atoms with Gasteiger partial charge in [0.15, 0.2) is 0 Å². The van der Waals surface area contributed by atoms with Gasteiger partial charge in [-0.1, -0.05) is 90.8 Å². The van der Waals surface area contributed by atoms with Crippen LogP contribution in [-0.4, -0.2) is 43.8 Å². The number of amides is 2. The van der Waals surface area contributed by atoms with Gasteiger partial charge in [0.1, 0.15) is 12.6 Å². The molecule has 4 rings (SSSR count). The van der Waals surface area contributed by atoms with E-state index in [4.69, 9.17) is 11.6 Å². The minimum absolute atomic E-state index is 0.0526. The highest BCUT2D eigenvalue weighted by Gasteiger charge is 2.35. The number of anilines is 1. The Morgan fingerprint density at radius 1 is 0.822 bits per heavy atom. The Balaban J connectivity index is 1.81. The SMILES string of the molecule is CC[C@H](C)NC(=O)[C@@H](Cc1ccccc1)N(Cc1cccc(Cl)c1)C(=O)CN(c1cccc(C)c1)S(=O)(=O)c1ccc(C)cc1. The fraction of sp³-hybridized carbons (Fsp3) is 0.278. The first kappa shape index (κ1) is 33.7. The number of halogens is 1. The van der Waals surface area contributed by atoms with E-state index in [1.54, 1.807) is 60.7 Å². The van der Waals surface area contributed by atoms with Crippen molar-refractivity contribution < 1.29 is 18.0 Å². The first-order valence-corrected chi connectivity index (χ1v) is 16.8. The maximum atomic E-state index is 14.5. The topological polar surface area (TPSA) is 86.8 Å². The lowest BCUT2D eigenvalue weighted by Gasteiger charge is -2.34. The van der Waals surface area contributed by atoms with Gasteiger partial charge in [-0.25, -0.2) is 8.42 Å². The molecule has 4 aromatic rings. The summed E-state index contributed by atoms with van der Waals surface area (Å²) in [6.07, 6.45) is 0.951. The van der Waals surface area contributed by atoms with E-state index in [9.17, 15) is 18.0 Å². The molecule has 45 heavy (non-hydrogen) atoms. The molecule has 4 aromatic carbocycles. The van der Waals surface area contributed by atoms with Crippen molar-refractivity contribution in [3.63, 3.8) is 0 Å². The van der Waals surface area contributed by atoms with Crippen LogP contribution < -0.4 is 9.62 Å². The number of sulfonamides is 1. The van der Waals surface area contributed by atoms with Crippen molar-refractivity contribution in [1.29, 1.82) is 0 Å². The normalized spacial score (nSPS) is 12.6. The van der Waals surface area contributed by atoms with Gasteiger partial charge in [0.25, 0.3) is 10.0 Å². The molecular formula is C36H40ClN3O4S. The van der Waals surface area contributed by atoms with Crippen LogP contribution in [-0.2, 0) is 32.6 Å². The number of hydrogen-bond donors (Lipinski definition) is 1. The molecule has 1 N–H and O–H groups in total. The summed E-state index contributed by atoms with van der Waals surface area (Å²) in [7, 11) is -4.16. The molecule has 0 saturated heterocycles. The Morgan fingerprint density at radius 2 is 1.49 bits per heavy atom. The van der Waals surface area contributed by atoms with Crippen LogP contribution in [0.4, 0.5) is 5.69 Å². The molecule has 0 spiro atoms. The summed E-state index contributed by atoms with van der Waals surface area (Å²) in [5.74, 6) is -0.834. The monoisotopic (exact) mass is 645 g/mol. The zero-order valence-electron chi connectivity index (χ0n) is 26.1. The van der Waals surface area contributed by atoms with Gasteiger partial charge in [0.05, 0.1) is 10.6 Å². The third-order valence-electron chi connectivity index (χ3n) is 7.69. The summed E-state index contributed by atoms with van der Waals surface area (Å²) in [4.78, 5) is 30.0. The molecule has 9 heteroatoms. The Labute approximate surface area is 271 Å². The molecule has 0 aromatic heterocycles. The Hall–Kier alpha value is -4.14. The van der Waals surface area contributed by atoms with Gasteiger partial charge in [0.2, 0.25) is 11.8 Å². The predicted octanol–water partition coefficient (Wildman–Crippen LogP) is 6.71. The van der Waals surface area contributed by atoms with E-state index < -0.39 is 28.5 Å². The van der Waals surface area contributed by atoms with Gasteiger partial charge in [-0.05, 0) is 80.3 Å². The number of nitrogens with zero attached hydrogens (tertiary/aromatic N) is 2. The van der Waals surface area contributed by atoms with E-state index in [0.717, 1.165) is 21.0 Å². The number of carbonyl (C=O) groups is 2. The quantitative estimate of drug-likeness (QED) is 0.175. The van der Waals surface area contributed by atoms with Crippen molar-refractivity contribution >= 4 is 39.1 Å². The number of nitrogens with one attached hydrogen (secondary N) is 1. The van der Waals surface area contributed by atoms with Crippen LogP contribution in [0.5, 0.6) is 0 Å². The van der Waals surface area contributed by atoms with Crippen molar-refractivity contribution in [3.8, 4) is 0 Å². The van der Waals surface area contributed by atoms with Crippen LogP contribution in [0, 0.1) is 13.8 Å². The highest BCUT2D eigenvalue weighted by atomic mass is 35.5. The van der Waals surface area contributed by atoms with Crippen LogP contribution in [0.2, 0.25) is 5.02 Å². The predicted molar refractivity (Wildman–Crippen MR) is 181 cm³/mol. The van der Waals surface area contributed by atoms with Crippen molar-refractivity contribution in [2.75, 3.05) is 10.8 Å². The standard InChI is InChI=1S/C36H40ClN3O4S/c1-5-28(4)38-36(42)34(23-29-12-7-6-8-13-29)39(24-30-14-10-15-31(37)22-30)35(41)25-40(32-16-9-11-27(3)21-32)45(43,44)33-19-17-26(2)18-20-33/h6-22,28,34H,5,23-25H2,1-4H3,(H,38,42)/t28-,34+/m0/s1. The number of hydrogen-bond acceptors (Lipinski definition) is 4. The van der Waals surface area contributed by atoms with Gasteiger partial charge >= 0.3 is 0 Å². The van der Waals surface area contributed by atoms with E-state index in [0.29, 0.717) is 22.7 Å². The van der Waals surface area contributed by atoms with Crippen LogP contribution in [0.3, 0.4) is 0 Å². The minimum atomic E-state index is -4.16. The molecule has 0 fully saturated rings. The lowest BCUT2D eigenvalue weighted by molar-refractivity contribution is -0.140. The second kappa shape index (κ2) is 15.2. The molecule has 0 heterocycles. The van der Waals surface area contributed by atoms with Crippen molar-refractivity contribution in [2.45, 2.75) is 64.1 Å². The van der Waals surface area contributed by atoms with E-state index in [-0.39, 0.29) is 29.8 Å². The zero-order valence-corrected chi connectivity index (χ0v) is 27.7. The minimum Gasteiger partial charge on any atom is -0.352 e. The molecule has 0 radical (unpaired) electrons. The van der Waals surface area contributed by atoms with Gasteiger partial charge in [-0.3, -0.25) is 13.9 Å². The van der Waals surface area contributed by atoms with Gasteiger partial charge in [-0.15, -0.1) is 0 Å². The van der Waals surface area contributed by atoms with Gasteiger partial charge in [-0.2, -0.15) is 0 Å². The maximum Gasteiger partial charge on any atom is 0.264 e. The van der Waals surface area contributed by atoms with Crippen molar-refractivity contribution in [3.05, 3.63) is 130 Å². The van der Waals surface area contributed by atoms with Crippen LogP contribution in [0.1, 0.15) is 42.5 Å². The van der Waals surface area contributed by atoms with Gasteiger partial charge < -0.3 is 10.2 Å². The lowest BCUT2D eigenvalue weighted by Crippen LogP contribution is -2.54. The molecule has 0 unspecified atom stereocenters. The molecule has 7 nitrogen and oxygen atoms in total. The average Bonchev–Trinajstić information content (AvgIpc) is 3.02. The third kappa shape index (κ3) is 8.96. The molecule has 0 aliphatic heterocycles. The molecule has 2 atom stereocenters. The largest absolute Gasteiger partial charge is 0.352 e. The Kier molecular flexibility index (Phi) is 11.4. The molecule has 2 amide bonds. The fourth-order valence-electron chi connectivity index (χ4n) is 4.98. The van der Waals surface area contributed by atoms with E-state index in [1.807, 2.05) is 70.2 Å². The smallest absolute Gasteiger partial charge is 0.264 e. The summed E-state index contributed by atoms with van der Waals surface area (Å²) < 4.78 is 29.4. The van der Waals surface area contributed by atoms with Crippen LogP contribution in [0.15, 0.2) is 108 Å². The second-order valence-corrected chi connectivity index (χ2v) is 13.6. The highest BCUT2D eigenvalue weighted by molar-refractivity contribution is 7.92. The first-order chi connectivity index (χ1) is 21.5. The summed E-state index contributed by atoms with van der Waals surface area (Å²) >= 11 is 6.32. The number of carbonyl (C=O) groups excluding carboxylic acids is 2. The fourth-order valence-corrected chi connectivity index (χ4v) is 6.60. The molecule has 0 aliphatic carbocycles. The molecule has 236 valence electrons. The van der Waals surface area contributed by atoms with Crippen LogP contribution >= 0.6 is 11.6 Å². The maximum absolute atomic E-state index is 14.5. The molecular weight excluding hydrogens is 606 g/mol. The number of benzene rings is 4. The molecule has 0 saturated carbocycles. The Bertz CT molecular complexity index is 1710. The summed E-state index contributed by atoms with van der Waals surface area (Å²) in [5.41, 5.74) is 3.70. The second-order valence-electron chi connectivity index (χ2n) is 11.3. The number of aryl methyl sites for hydroxylation is 2. The molecule has 0 aliphatic rings. The summed E-state index contributed by atoms with van der Waals surface area (Å²) in [6.45, 7) is 7.17. The third-order valence-corrected chi connectivity index (χ3v) is 9.71. The zero-order chi connectivity index (χ0) is 32.6. The van der Waals surface area contributed by atoms with Crippen LogP contribution in [0.25, 0.3) is 0 Å². The average molecular weight is 646 g/mol. The first-order valence-electron chi connectivity index (χ1n) is 15.0. The van der Waals surface area contributed by atoms with E-state index in [2.05, 4.69) is 5.32 Å². The van der Waals surface area contributed by atoms with E-state index >= 15 is 0 Å².